The Balaban J connectivity index is 0.00000126. The summed E-state index contributed by atoms with van der Waals surface area (Å²) in [6.07, 6.45) is 2.03. The van der Waals surface area contributed by atoms with Crippen molar-refractivity contribution in [1.29, 1.82) is 0 Å². The van der Waals surface area contributed by atoms with Crippen LogP contribution in [0.15, 0.2) is 37.4 Å². The number of hydrogen-bond donors (Lipinski definition) is 2. The van der Waals surface area contributed by atoms with Gasteiger partial charge in [0, 0.05) is 24.1 Å². The monoisotopic (exact) mass is 387 g/mol. The van der Waals surface area contributed by atoms with E-state index in [2.05, 4.69) is 47.3 Å². The number of fused-ring (bicyclic) bond motifs is 3. The van der Waals surface area contributed by atoms with E-state index in [-0.39, 0.29) is 5.54 Å². The van der Waals surface area contributed by atoms with E-state index >= 15 is 0 Å². The first kappa shape index (κ1) is 21.2. The van der Waals surface area contributed by atoms with E-state index in [0.717, 1.165) is 34.3 Å². The first-order valence-electron chi connectivity index (χ1n) is 8.88. The molecular weight excluding hydrogens is 358 g/mol. The molecular formula is C20H29N5OS. The van der Waals surface area contributed by atoms with Gasteiger partial charge in [0.2, 0.25) is 0 Å². The highest BCUT2D eigenvalue weighted by Gasteiger charge is 2.24. The molecule has 3 N–H and O–H groups in total. The molecule has 6 nitrogen and oxygen atoms in total. The molecule has 7 heteroatoms. The molecule has 0 atom stereocenters. The zero-order valence-corrected chi connectivity index (χ0v) is 17.4. The number of nitrogens with zero attached hydrogens (tertiary/aromatic N) is 3. The molecule has 0 aliphatic rings. The molecule has 0 aliphatic heterocycles. The summed E-state index contributed by atoms with van der Waals surface area (Å²) in [4.78, 5) is 9.27. The second-order valence-corrected chi connectivity index (χ2v) is 7.27. The van der Waals surface area contributed by atoms with E-state index in [0.29, 0.717) is 19.0 Å². The van der Waals surface area contributed by atoms with Gasteiger partial charge in [-0.05, 0) is 33.1 Å². The zero-order valence-electron chi connectivity index (χ0n) is 16.6. The van der Waals surface area contributed by atoms with Crippen molar-refractivity contribution < 1.29 is 4.74 Å². The van der Waals surface area contributed by atoms with Crippen molar-refractivity contribution >= 4 is 39.7 Å². The fraction of sp³-hybridized carbons (Fsp3) is 0.400. The lowest BCUT2D eigenvalue weighted by Crippen LogP contribution is -2.39. The Morgan fingerprint density at radius 2 is 1.96 bits per heavy atom. The maximum Gasteiger partial charge on any atom is 0.152 e. The highest BCUT2D eigenvalue weighted by molar-refractivity contribution is 7.96. The van der Waals surface area contributed by atoms with Crippen LogP contribution in [0.3, 0.4) is 0 Å². The second kappa shape index (κ2) is 9.21. The number of para-hydroxylation sites is 1. The average Bonchev–Trinajstić information content (AvgIpc) is 3.00. The predicted molar refractivity (Wildman–Crippen MR) is 117 cm³/mol. The van der Waals surface area contributed by atoms with Crippen LogP contribution in [0, 0.1) is 0 Å². The lowest BCUT2D eigenvalue weighted by Gasteiger charge is -2.27. The summed E-state index contributed by atoms with van der Waals surface area (Å²) in [6.45, 7) is 14.2. The largest absolute Gasteiger partial charge is 0.382 e. The van der Waals surface area contributed by atoms with Gasteiger partial charge in [0.1, 0.15) is 17.9 Å². The summed E-state index contributed by atoms with van der Waals surface area (Å²) in [5.41, 5.74) is 8.74. The average molecular weight is 388 g/mol. The molecule has 0 fully saturated rings. The summed E-state index contributed by atoms with van der Waals surface area (Å²) >= 11 is 1.61. The number of pyridine rings is 1. The number of nitrogens with one attached hydrogen (secondary N) is 1. The molecule has 2 heterocycles. The standard InChI is InChI=1S/C18H25N5OS.C2H4/c1-5-24-10-14-21-15-16(23(14)11-18(2,3)22-25-4)12-8-6-7-9-13(12)20-17(15)19;1-2/h6-9,22H,5,10-11H2,1-4H3,(H2,19,20);1-2H2. The number of rotatable bonds is 7. The zero-order chi connectivity index (χ0) is 20.0. The minimum absolute atomic E-state index is 0.118. The van der Waals surface area contributed by atoms with E-state index in [1.54, 1.807) is 11.9 Å². The van der Waals surface area contributed by atoms with Crippen LogP contribution in [0.5, 0.6) is 0 Å². The molecule has 0 saturated carbocycles. The van der Waals surface area contributed by atoms with Crippen molar-refractivity contribution in [1.82, 2.24) is 19.3 Å². The molecule has 3 rings (SSSR count). The Morgan fingerprint density at radius 3 is 2.63 bits per heavy atom. The van der Waals surface area contributed by atoms with Gasteiger partial charge in [-0.3, -0.25) is 4.72 Å². The van der Waals surface area contributed by atoms with Crippen molar-refractivity contribution in [2.24, 2.45) is 0 Å². The van der Waals surface area contributed by atoms with E-state index in [1.165, 1.54) is 0 Å². The van der Waals surface area contributed by atoms with Gasteiger partial charge in [-0.15, -0.1) is 13.2 Å². The molecule has 27 heavy (non-hydrogen) atoms. The van der Waals surface area contributed by atoms with E-state index < -0.39 is 0 Å². The molecule has 3 aromatic rings. The summed E-state index contributed by atoms with van der Waals surface area (Å²) in [5.74, 6) is 1.33. The van der Waals surface area contributed by atoms with Crippen LogP contribution >= 0.6 is 11.9 Å². The normalized spacial score (nSPS) is 11.6. The number of hydrogen-bond acceptors (Lipinski definition) is 6. The van der Waals surface area contributed by atoms with Gasteiger partial charge in [-0.2, -0.15) is 0 Å². The third-order valence-corrected chi connectivity index (χ3v) is 4.81. The van der Waals surface area contributed by atoms with Crippen molar-refractivity contribution in [2.45, 2.75) is 39.5 Å². The molecule has 0 saturated heterocycles. The maximum absolute atomic E-state index is 6.21. The Kier molecular flexibility index (Phi) is 7.24. The van der Waals surface area contributed by atoms with Gasteiger partial charge in [0.25, 0.3) is 0 Å². The Labute approximate surface area is 165 Å². The van der Waals surface area contributed by atoms with Gasteiger partial charge in [0.15, 0.2) is 5.82 Å². The fourth-order valence-corrected chi connectivity index (χ4v) is 3.70. The maximum atomic E-state index is 6.21. The summed E-state index contributed by atoms with van der Waals surface area (Å²) in [6, 6.07) is 8.05. The number of anilines is 1. The quantitative estimate of drug-likeness (QED) is 0.468. The third-order valence-electron chi connectivity index (χ3n) is 4.06. The van der Waals surface area contributed by atoms with Crippen LogP contribution in [0.1, 0.15) is 26.6 Å². The molecule has 146 valence electrons. The lowest BCUT2D eigenvalue weighted by molar-refractivity contribution is 0.125. The van der Waals surface area contributed by atoms with Crippen molar-refractivity contribution in [3.8, 4) is 0 Å². The van der Waals surface area contributed by atoms with Crippen LogP contribution in [0.25, 0.3) is 21.9 Å². The van der Waals surface area contributed by atoms with Crippen molar-refractivity contribution in [2.75, 3.05) is 18.6 Å². The van der Waals surface area contributed by atoms with E-state index in [9.17, 15) is 0 Å². The smallest absolute Gasteiger partial charge is 0.152 e. The van der Waals surface area contributed by atoms with Gasteiger partial charge in [0.05, 0.1) is 11.0 Å². The van der Waals surface area contributed by atoms with Gasteiger partial charge < -0.3 is 15.0 Å². The Hall–Kier alpha value is -2.09. The number of aromatic nitrogens is 3. The van der Waals surface area contributed by atoms with E-state index in [1.807, 2.05) is 31.4 Å². The van der Waals surface area contributed by atoms with Crippen LogP contribution in [-0.2, 0) is 17.9 Å². The minimum Gasteiger partial charge on any atom is -0.382 e. The third kappa shape index (κ3) is 4.61. The Morgan fingerprint density at radius 1 is 1.26 bits per heavy atom. The molecule has 2 aromatic heterocycles. The van der Waals surface area contributed by atoms with Crippen LogP contribution in [0.2, 0.25) is 0 Å². The first-order chi connectivity index (χ1) is 13.0. The fourth-order valence-electron chi connectivity index (χ4n) is 3.08. The van der Waals surface area contributed by atoms with Crippen LogP contribution in [-0.4, -0.2) is 32.9 Å². The van der Waals surface area contributed by atoms with Crippen LogP contribution in [0.4, 0.5) is 5.82 Å². The van der Waals surface area contributed by atoms with Gasteiger partial charge in [-0.25, -0.2) is 9.97 Å². The van der Waals surface area contributed by atoms with Gasteiger partial charge >= 0.3 is 0 Å². The highest BCUT2D eigenvalue weighted by Crippen LogP contribution is 2.30. The Bertz CT molecular complexity index is 906. The summed E-state index contributed by atoms with van der Waals surface area (Å²) in [5, 5.41) is 1.06. The van der Waals surface area contributed by atoms with E-state index in [4.69, 9.17) is 15.5 Å². The molecule has 0 unspecified atom stereocenters. The van der Waals surface area contributed by atoms with Crippen LogP contribution < -0.4 is 10.5 Å². The second-order valence-electron chi connectivity index (χ2n) is 6.65. The molecule has 0 bridgehead atoms. The molecule has 1 aromatic carbocycles. The lowest BCUT2D eigenvalue weighted by atomic mass is 10.1. The first-order valence-corrected chi connectivity index (χ1v) is 10.1. The highest BCUT2D eigenvalue weighted by atomic mass is 32.2. The number of nitrogen functional groups attached to an aromatic ring is 1. The molecule has 0 radical (unpaired) electrons. The predicted octanol–water partition coefficient (Wildman–Crippen LogP) is 4.15. The summed E-state index contributed by atoms with van der Waals surface area (Å²) in [7, 11) is 0. The molecule has 0 aliphatic carbocycles. The van der Waals surface area contributed by atoms with Crippen molar-refractivity contribution in [3.05, 3.63) is 43.2 Å². The van der Waals surface area contributed by atoms with Gasteiger partial charge in [-0.1, -0.05) is 30.1 Å². The van der Waals surface area contributed by atoms with Crippen molar-refractivity contribution in [3.63, 3.8) is 0 Å². The molecule has 0 amide bonds. The minimum atomic E-state index is -0.118. The molecule has 0 spiro atoms. The summed E-state index contributed by atoms with van der Waals surface area (Å²) < 4.78 is 11.3. The SMILES string of the molecule is C=C.CCOCc1nc2c(N)nc3ccccc3c2n1CC(C)(C)NSC. The topological polar surface area (TPSA) is 78.0 Å². The number of nitrogens with two attached hydrogens (primary N) is 1. The number of benzene rings is 1. The number of ether oxygens (including phenoxy) is 1. The number of imidazole rings is 1.